The average molecular weight is 432 g/mol. The van der Waals surface area contributed by atoms with Crippen molar-refractivity contribution in [2.24, 2.45) is 0 Å². The van der Waals surface area contributed by atoms with Crippen LogP contribution in [-0.4, -0.2) is 24.2 Å². The third kappa shape index (κ3) is 4.77. The summed E-state index contributed by atoms with van der Waals surface area (Å²) >= 11 is 7.04. The van der Waals surface area contributed by atoms with Crippen LogP contribution in [0, 0.1) is 0 Å². The van der Waals surface area contributed by atoms with Crippen LogP contribution in [0.3, 0.4) is 0 Å². The number of imidazole rings is 1. The average Bonchev–Trinajstić information content (AvgIpc) is 2.69. The fourth-order valence-electron chi connectivity index (χ4n) is 1.92. The fourth-order valence-corrected chi connectivity index (χ4v) is 3.98. The lowest BCUT2D eigenvalue weighted by Gasteiger charge is -2.16. The summed E-state index contributed by atoms with van der Waals surface area (Å²) in [5.41, 5.74) is 2.16. The maximum atomic E-state index is 5.86. The Kier molecular flexibility index (Phi) is 5.82. The van der Waals surface area contributed by atoms with Crippen molar-refractivity contribution in [1.29, 1.82) is 0 Å². The Labute approximate surface area is 144 Å². The zero-order valence-electron chi connectivity index (χ0n) is 12.6. The molecule has 1 aromatic carbocycles. The standard InChI is InChI=1S/C15H20Br2N2OSi/c1-21(2,3)10-9-20-11-19-13(14(16)18-15(19)17)12-7-5-4-6-8-12/h4-8H,9-11H2,1-3H3. The number of hydrogen-bond donors (Lipinski definition) is 0. The van der Waals surface area contributed by atoms with E-state index < -0.39 is 8.07 Å². The first-order valence-corrected chi connectivity index (χ1v) is 12.2. The van der Waals surface area contributed by atoms with Gasteiger partial charge < -0.3 is 4.74 Å². The lowest BCUT2D eigenvalue weighted by atomic mass is 10.2. The van der Waals surface area contributed by atoms with E-state index in [1.807, 2.05) is 22.8 Å². The van der Waals surface area contributed by atoms with Gasteiger partial charge in [0.15, 0.2) is 4.73 Å². The number of hydrogen-bond acceptors (Lipinski definition) is 2. The van der Waals surface area contributed by atoms with Crippen LogP contribution in [0.2, 0.25) is 25.7 Å². The minimum atomic E-state index is -1.05. The van der Waals surface area contributed by atoms with Crippen molar-refractivity contribution in [3.05, 3.63) is 39.7 Å². The highest BCUT2D eigenvalue weighted by molar-refractivity contribution is 9.11. The molecule has 0 atom stereocenters. The lowest BCUT2D eigenvalue weighted by Crippen LogP contribution is -2.22. The van der Waals surface area contributed by atoms with Crippen molar-refractivity contribution >= 4 is 39.9 Å². The van der Waals surface area contributed by atoms with Crippen molar-refractivity contribution in [3.8, 4) is 11.3 Å². The molecule has 1 aromatic heterocycles. The van der Waals surface area contributed by atoms with Gasteiger partial charge in [-0.3, -0.25) is 4.57 Å². The molecule has 0 aliphatic heterocycles. The smallest absolute Gasteiger partial charge is 0.180 e. The van der Waals surface area contributed by atoms with Crippen LogP contribution in [0.4, 0.5) is 0 Å². The van der Waals surface area contributed by atoms with Crippen LogP contribution in [0.1, 0.15) is 0 Å². The molecule has 3 nitrogen and oxygen atoms in total. The third-order valence-electron chi connectivity index (χ3n) is 3.14. The third-order valence-corrected chi connectivity index (χ3v) is 6.00. The van der Waals surface area contributed by atoms with E-state index in [4.69, 9.17) is 4.74 Å². The van der Waals surface area contributed by atoms with Crippen molar-refractivity contribution in [3.63, 3.8) is 0 Å². The molecule has 0 aliphatic rings. The molecule has 2 aromatic rings. The monoisotopic (exact) mass is 430 g/mol. The van der Waals surface area contributed by atoms with Gasteiger partial charge in [-0.1, -0.05) is 50.0 Å². The van der Waals surface area contributed by atoms with Crippen LogP contribution < -0.4 is 0 Å². The maximum Gasteiger partial charge on any atom is 0.180 e. The van der Waals surface area contributed by atoms with Crippen LogP contribution in [0.15, 0.2) is 39.7 Å². The summed E-state index contributed by atoms with van der Waals surface area (Å²) in [7, 11) is -1.05. The first-order chi connectivity index (χ1) is 9.88. The summed E-state index contributed by atoms with van der Waals surface area (Å²) in [6.07, 6.45) is 0. The molecule has 0 aliphatic carbocycles. The highest BCUT2D eigenvalue weighted by atomic mass is 79.9. The number of benzene rings is 1. The van der Waals surface area contributed by atoms with Gasteiger partial charge in [0.25, 0.3) is 0 Å². The Morgan fingerprint density at radius 3 is 2.43 bits per heavy atom. The Morgan fingerprint density at radius 2 is 1.81 bits per heavy atom. The predicted molar refractivity (Wildman–Crippen MR) is 97.2 cm³/mol. The molecule has 0 amide bonds. The number of ether oxygens (including phenoxy) is 1. The summed E-state index contributed by atoms with van der Waals surface area (Å²) in [5.74, 6) is 0. The van der Waals surface area contributed by atoms with Crippen molar-refractivity contribution in [2.45, 2.75) is 32.4 Å². The Morgan fingerprint density at radius 1 is 1.14 bits per heavy atom. The summed E-state index contributed by atoms with van der Waals surface area (Å²) < 4.78 is 9.51. The van der Waals surface area contributed by atoms with Crippen LogP contribution in [-0.2, 0) is 11.5 Å². The van der Waals surface area contributed by atoms with Crippen LogP contribution >= 0.6 is 31.9 Å². The molecule has 0 saturated heterocycles. The molecule has 0 radical (unpaired) electrons. The largest absolute Gasteiger partial charge is 0.361 e. The molecule has 21 heavy (non-hydrogen) atoms. The highest BCUT2D eigenvalue weighted by Crippen LogP contribution is 2.31. The molecular formula is C15H20Br2N2OSi. The summed E-state index contributed by atoms with van der Waals surface area (Å²) in [5, 5.41) is 0. The van der Waals surface area contributed by atoms with E-state index in [0.717, 1.165) is 27.2 Å². The highest BCUT2D eigenvalue weighted by Gasteiger charge is 2.16. The molecule has 0 fully saturated rings. The van der Waals surface area contributed by atoms with E-state index in [0.29, 0.717) is 6.73 Å². The summed E-state index contributed by atoms with van der Waals surface area (Å²) in [6, 6.07) is 11.4. The van der Waals surface area contributed by atoms with Gasteiger partial charge in [0.1, 0.15) is 11.3 Å². The van der Waals surface area contributed by atoms with E-state index >= 15 is 0 Å². The van der Waals surface area contributed by atoms with Gasteiger partial charge in [-0.15, -0.1) is 0 Å². The zero-order valence-corrected chi connectivity index (χ0v) is 16.7. The van der Waals surface area contributed by atoms with Crippen LogP contribution in [0.25, 0.3) is 11.3 Å². The van der Waals surface area contributed by atoms with Crippen molar-refractivity contribution in [2.75, 3.05) is 6.61 Å². The van der Waals surface area contributed by atoms with Gasteiger partial charge >= 0.3 is 0 Å². The van der Waals surface area contributed by atoms with Gasteiger partial charge in [-0.05, 0) is 37.9 Å². The number of halogens is 2. The molecule has 0 spiro atoms. The molecule has 0 unspecified atom stereocenters. The second-order valence-electron chi connectivity index (χ2n) is 6.16. The summed E-state index contributed by atoms with van der Waals surface area (Å²) in [4.78, 5) is 4.44. The van der Waals surface area contributed by atoms with Gasteiger partial charge in [0.05, 0.1) is 5.69 Å². The first-order valence-electron chi connectivity index (χ1n) is 6.93. The van der Waals surface area contributed by atoms with Gasteiger partial charge in [0, 0.05) is 20.2 Å². The van der Waals surface area contributed by atoms with E-state index in [1.165, 1.54) is 6.04 Å². The molecule has 2 rings (SSSR count). The number of rotatable bonds is 6. The molecule has 0 saturated carbocycles. The predicted octanol–water partition coefficient (Wildman–Crippen LogP) is 5.39. The van der Waals surface area contributed by atoms with Crippen molar-refractivity contribution in [1.82, 2.24) is 9.55 Å². The quantitative estimate of drug-likeness (QED) is 0.452. The maximum absolute atomic E-state index is 5.86. The van der Waals surface area contributed by atoms with Gasteiger partial charge in [0.2, 0.25) is 0 Å². The SMILES string of the molecule is C[Si](C)(C)CCOCn1c(Br)nc(Br)c1-c1ccccc1. The lowest BCUT2D eigenvalue weighted by molar-refractivity contribution is 0.0866. The van der Waals surface area contributed by atoms with E-state index in [2.05, 4.69) is 68.6 Å². The Hall–Kier alpha value is -0.433. The molecular weight excluding hydrogens is 412 g/mol. The Bertz CT molecular complexity index is 594. The van der Waals surface area contributed by atoms with E-state index in [-0.39, 0.29) is 0 Å². The number of aromatic nitrogens is 2. The topological polar surface area (TPSA) is 27.1 Å². The minimum Gasteiger partial charge on any atom is -0.361 e. The first kappa shape index (κ1) is 16.9. The van der Waals surface area contributed by atoms with E-state index in [1.54, 1.807) is 0 Å². The van der Waals surface area contributed by atoms with Gasteiger partial charge in [-0.25, -0.2) is 4.98 Å². The van der Waals surface area contributed by atoms with Crippen molar-refractivity contribution < 1.29 is 4.74 Å². The molecule has 1 heterocycles. The molecule has 6 heteroatoms. The molecule has 114 valence electrons. The minimum absolute atomic E-state index is 0.508. The van der Waals surface area contributed by atoms with Gasteiger partial charge in [-0.2, -0.15) is 0 Å². The van der Waals surface area contributed by atoms with E-state index in [9.17, 15) is 0 Å². The second-order valence-corrected chi connectivity index (χ2v) is 13.2. The zero-order chi connectivity index (χ0) is 15.5. The normalized spacial score (nSPS) is 11.9. The fraction of sp³-hybridized carbons (Fsp3) is 0.400. The Balaban J connectivity index is 2.13. The second kappa shape index (κ2) is 7.22. The molecule has 0 N–H and O–H groups in total. The number of nitrogens with zero attached hydrogens (tertiary/aromatic N) is 2. The summed E-state index contributed by atoms with van der Waals surface area (Å²) in [6.45, 7) is 8.38. The van der Waals surface area contributed by atoms with Crippen LogP contribution in [0.5, 0.6) is 0 Å². The molecule has 0 bridgehead atoms.